The van der Waals surface area contributed by atoms with Gasteiger partial charge in [-0.3, -0.25) is 0 Å². The minimum atomic E-state index is -3.86. The van der Waals surface area contributed by atoms with Gasteiger partial charge in [-0.2, -0.15) is 0 Å². The van der Waals surface area contributed by atoms with E-state index < -0.39 is 23.6 Å². The third kappa shape index (κ3) is 2.00. The Labute approximate surface area is 104 Å². The molecule has 1 aliphatic heterocycles. The zero-order valence-corrected chi connectivity index (χ0v) is 11.2. The lowest BCUT2D eigenvalue weighted by molar-refractivity contribution is 0.594. The fourth-order valence-electron chi connectivity index (χ4n) is 1.53. The van der Waals surface area contributed by atoms with E-state index in [1.165, 1.54) is 37.3 Å². The molecular formula is C10H9ClO4S2. The average molecular weight is 293 g/mol. The van der Waals surface area contributed by atoms with Crippen LogP contribution in [0.25, 0.3) is 0 Å². The zero-order chi connectivity index (χ0) is 12.9. The lowest BCUT2D eigenvalue weighted by atomic mass is 10.1. The smallest absolute Gasteiger partial charge is 0.219 e. The molecule has 1 heterocycles. The van der Waals surface area contributed by atoms with Gasteiger partial charge >= 0.3 is 0 Å². The molecule has 0 fully saturated rings. The Morgan fingerprint density at radius 2 is 1.76 bits per heavy atom. The van der Waals surface area contributed by atoms with Crippen LogP contribution in [0.5, 0.6) is 0 Å². The largest absolute Gasteiger partial charge is 0.245 e. The molecule has 7 heteroatoms. The van der Waals surface area contributed by atoms with E-state index in [1.807, 2.05) is 0 Å². The minimum absolute atomic E-state index is 0.0952. The summed E-state index contributed by atoms with van der Waals surface area (Å²) in [6.07, 6.45) is 6.82. The highest BCUT2D eigenvalue weighted by Crippen LogP contribution is 2.33. The van der Waals surface area contributed by atoms with Gasteiger partial charge in [-0.1, -0.05) is 18.2 Å². The summed E-state index contributed by atoms with van der Waals surface area (Å²) in [5, 5.41) is 1.09. The molecular weight excluding hydrogens is 284 g/mol. The molecule has 0 radical (unpaired) electrons. The molecule has 2 rings (SSSR count). The highest BCUT2D eigenvalue weighted by Gasteiger charge is 2.35. The predicted octanol–water partition coefficient (Wildman–Crippen LogP) is 1.64. The van der Waals surface area contributed by atoms with Crippen LogP contribution in [0.4, 0.5) is 0 Å². The van der Waals surface area contributed by atoms with E-state index in [9.17, 15) is 16.8 Å². The van der Waals surface area contributed by atoms with Gasteiger partial charge in [-0.25, -0.2) is 16.8 Å². The van der Waals surface area contributed by atoms with Crippen LogP contribution in [-0.4, -0.2) is 21.6 Å². The van der Waals surface area contributed by atoms with Gasteiger partial charge in [0.15, 0.2) is 9.84 Å². The van der Waals surface area contributed by atoms with Gasteiger partial charge in [-0.15, -0.1) is 0 Å². The number of hydrogen-bond acceptors (Lipinski definition) is 4. The minimum Gasteiger partial charge on any atom is -0.219 e. The molecule has 92 valence electrons. The molecule has 0 bridgehead atoms. The maximum absolute atomic E-state index is 11.6. The van der Waals surface area contributed by atoms with Crippen molar-refractivity contribution in [2.75, 3.05) is 0 Å². The van der Waals surface area contributed by atoms with Crippen LogP contribution in [0, 0.1) is 0 Å². The third-order valence-electron chi connectivity index (χ3n) is 2.70. The van der Waals surface area contributed by atoms with Gasteiger partial charge < -0.3 is 0 Å². The van der Waals surface area contributed by atoms with E-state index in [1.54, 1.807) is 0 Å². The van der Waals surface area contributed by atoms with Crippen LogP contribution < -0.4 is 0 Å². The number of allylic oxidation sites excluding steroid dienone is 4. The summed E-state index contributed by atoms with van der Waals surface area (Å²) in [5.74, 6) is 0. The summed E-state index contributed by atoms with van der Waals surface area (Å²) in [6.45, 7) is 1.40. The van der Waals surface area contributed by atoms with Gasteiger partial charge in [0.05, 0.1) is 4.91 Å². The third-order valence-corrected chi connectivity index (χ3v) is 6.50. The Kier molecular flexibility index (Phi) is 2.65. The standard InChI is InChI=1S/C10H9ClO4S2/c1-10(17(11,14)15)5-2-8-4-7-16(12,13)9(8)3-6-10/h2-7H,1H3. The van der Waals surface area contributed by atoms with Gasteiger partial charge in [0.2, 0.25) is 9.05 Å². The van der Waals surface area contributed by atoms with Crippen LogP contribution >= 0.6 is 10.7 Å². The summed E-state index contributed by atoms with van der Waals surface area (Å²) in [7, 11) is -1.97. The molecule has 1 unspecified atom stereocenters. The SMILES string of the molecule is CC1(S(=O)(=O)Cl)C=CC2=C(C=C1)S(=O)(=O)C=C2. The van der Waals surface area contributed by atoms with E-state index >= 15 is 0 Å². The summed E-state index contributed by atoms with van der Waals surface area (Å²) in [5.41, 5.74) is 0.463. The molecule has 0 aromatic rings. The number of hydrogen-bond donors (Lipinski definition) is 0. The second-order valence-electron chi connectivity index (χ2n) is 3.96. The molecule has 0 aromatic carbocycles. The maximum atomic E-state index is 11.6. The Balaban J connectivity index is 2.60. The van der Waals surface area contributed by atoms with E-state index in [4.69, 9.17) is 10.7 Å². The fraction of sp³-hybridized carbons (Fsp3) is 0.200. The summed E-state index contributed by atoms with van der Waals surface area (Å²) >= 11 is 0. The molecule has 2 aliphatic rings. The molecule has 0 N–H and O–H groups in total. The summed E-state index contributed by atoms with van der Waals surface area (Å²) in [6, 6.07) is 0. The molecule has 0 saturated carbocycles. The normalized spacial score (nSPS) is 30.5. The highest BCUT2D eigenvalue weighted by atomic mass is 35.7. The number of halogens is 1. The van der Waals surface area contributed by atoms with E-state index in [-0.39, 0.29) is 4.91 Å². The van der Waals surface area contributed by atoms with Crippen LogP contribution in [-0.2, 0) is 18.9 Å². The van der Waals surface area contributed by atoms with Crippen molar-refractivity contribution in [2.45, 2.75) is 11.7 Å². The fourth-order valence-corrected chi connectivity index (χ4v) is 3.49. The second-order valence-corrected chi connectivity index (χ2v) is 8.73. The highest BCUT2D eigenvalue weighted by molar-refractivity contribution is 8.15. The molecule has 17 heavy (non-hydrogen) atoms. The summed E-state index contributed by atoms with van der Waals surface area (Å²) < 4.78 is 44.6. The van der Waals surface area contributed by atoms with Crippen LogP contribution in [0.15, 0.2) is 46.3 Å². The summed E-state index contributed by atoms with van der Waals surface area (Å²) in [4.78, 5) is 0.0952. The lowest BCUT2D eigenvalue weighted by Gasteiger charge is -2.16. The molecule has 0 amide bonds. The molecule has 1 atom stereocenters. The molecule has 1 aliphatic carbocycles. The average Bonchev–Trinajstić information content (AvgIpc) is 2.36. The molecule has 0 spiro atoms. The number of sulfone groups is 1. The van der Waals surface area contributed by atoms with Crippen LogP contribution in [0.1, 0.15) is 6.92 Å². The zero-order valence-electron chi connectivity index (χ0n) is 8.79. The van der Waals surface area contributed by atoms with E-state index in [0.29, 0.717) is 5.57 Å². The Bertz CT molecular complexity index is 693. The molecule has 4 nitrogen and oxygen atoms in total. The first-order valence-electron chi connectivity index (χ1n) is 4.66. The Morgan fingerprint density at radius 3 is 2.35 bits per heavy atom. The maximum Gasteiger partial charge on any atom is 0.245 e. The van der Waals surface area contributed by atoms with Crippen molar-refractivity contribution in [2.24, 2.45) is 0 Å². The van der Waals surface area contributed by atoms with Crippen LogP contribution in [0.2, 0.25) is 0 Å². The lowest BCUT2D eigenvalue weighted by Crippen LogP contribution is -2.26. The van der Waals surface area contributed by atoms with Crippen LogP contribution in [0.3, 0.4) is 0 Å². The van der Waals surface area contributed by atoms with Gasteiger partial charge in [-0.05, 0) is 24.6 Å². The number of rotatable bonds is 1. The first-order valence-corrected chi connectivity index (χ1v) is 8.51. The molecule has 0 aromatic heterocycles. The molecule has 0 saturated heterocycles. The van der Waals surface area contributed by atoms with Crippen molar-refractivity contribution in [1.29, 1.82) is 0 Å². The van der Waals surface area contributed by atoms with Crippen molar-refractivity contribution in [1.82, 2.24) is 0 Å². The van der Waals surface area contributed by atoms with Crippen molar-refractivity contribution in [3.8, 4) is 0 Å². The van der Waals surface area contributed by atoms with E-state index in [0.717, 1.165) is 5.41 Å². The topological polar surface area (TPSA) is 68.3 Å². The second kappa shape index (κ2) is 3.57. The predicted molar refractivity (Wildman–Crippen MR) is 66.5 cm³/mol. The van der Waals surface area contributed by atoms with Gasteiger partial charge in [0.25, 0.3) is 0 Å². The van der Waals surface area contributed by atoms with Gasteiger partial charge in [0, 0.05) is 16.1 Å². The monoisotopic (exact) mass is 292 g/mol. The van der Waals surface area contributed by atoms with Crippen molar-refractivity contribution >= 4 is 29.6 Å². The van der Waals surface area contributed by atoms with Crippen molar-refractivity contribution in [3.05, 3.63) is 46.3 Å². The Hall–Kier alpha value is -0.850. The van der Waals surface area contributed by atoms with Gasteiger partial charge in [0.1, 0.15) is 4.75 Å². The Morgan fingerprint density at radius 1 is 1.18 bits per heavy atom. The van der Waals surface area contributed by atoms with Crippen molar-refractivity contribution in [3.63, 3.8) is 0 Å². The first kappa shape index (κ1) is 12.6. The van der Waals surface area contributed by atoms with Crippen molar-refractivity contribution < 1.29 is 16.8 Å². The first-order chi connectivity index (χ1) is 7.66. The quantitative estimate of drug-likeness (QED) is 0.689. The van der Waals surface area contributed by atoms with E-state index in [2.05, 4.69) is 0 Å².